The van der Waals surface area contributed by atoms with Gasteiger partial charge in [0.25, 0.3) is 0 Å². The molecule has 2 heterocycles. The second-order valence-corrected chi connectivity index (χ2v) is 6.62. The van der Waals surface area contributed by atoms with Crippen LogP contribution in [0.1, 0.15) is 51.5 Å². The minimum absolute atomic E-state index is 0. The molecule has 1 N–H and O–H groups in total. The van der Waals surface area contributed by atoms with E-state index in [-0.39, 0.29) is 24.0 Å². The zero-order valence-corrected chi connectivity index (χ0v) is 16.6. The van der Waals surface area contributed by atoms with Crippen LogP contribution in [0, 0.1) is 11.8 Å². The molecule has 1 saturated heterocycles. The highest BCUT2D eigenvalue weighted by Crippen LogP contribution is 2.21. The summed E-state index contributed by atoms with van der Waals surface area (Å²) in [5, 5.41) is 7.48. The third kappa shape index (κ3) is 5.14. The molecule has 0 aliphatic carbocycles. The zero-order chi connectivity index (χ0) is 15.4. The van der Waals surface area contributed by atoms with Crippen LogP contribution in [0.3, 0.4) is 0 Å². The Morgan fingerprint density at radius 2 is 2.05 bits per heavy atom. The highest BCUT2D eigenvalue weighted by molar-refractivity contribution is 14.0. The predicted molar refractivity (Wildman–Crippen MR) is 101 cm³/mol. The summed E-state index contributed by atoms with van der Waals surface area (Å²) in [6.45, 7) is 11.6. The number of likely N-dealkylation sites (tertiary alicyclic amines) is 1. The van der Waals surface area contributed by atoms with E-state index < -0.39 is 0 Å². The van der Waals surface area contributed by atoms with Crippen LogP contribution in [0.5, 0.6) is 0 Å². The van der Waals surface area contributed by atoms with Gasteiger partial charge in [-0.05, 0) is 24.2 Å². The molecule has 22 heavy (non-hydrogen) atoms. The first-order valence-electron chi connectivity index (χ1n) is 7.90. The fourth-order valence-electron chi connectivity index (χ4n) is 3.02. The van der Waals surface area contributed by atoms with Crippen molar-refractivity contribution in [2.24, 2.45) is 16.8 Å². The Kier molecular flexibility index (Phi) is 7.65. The second kappa shape index (κ2) is 8.74. The van der Waals surface area contributed by atoms with Crippen LogP contribution < -0.4 is 5.32 Å². The number of guanidine groups is 1. The largest absolute Gasteiger partial charge is 0.359 e. The molecular weight excluding hydrogens is 391 g/mol. The number of aromatic nitrogens is 1. The number of aliphatic imine (C=N–C) groups is 1. The van der Waals surface area contributed by atoms with Crippen molar-refractivity contribution < 1.29 is 4.52 Å². The molecule has 1 aliphatic rings. The highest BCUT2D eigenvalue weighted by Gasteiger charge is 2.24. The van der Waals surface area contributed by atoms with Crippen LogP contribution in [0.25, 0.3) is 0 Å². The molecule has 2 atom stereocenters. The quantitative estimate of drug-likeness (QED) is 0.462. The summed E-state index contributed by atoms with van der Waals surface area (Å²) < 4.78 is 5.36. The van der Waals surface area contributed by atoms with Gasteiger partial charge in [0.15, 0.2) is 11.7 Å². The van der Waals surface area contributed by atoms with E-state index in [1.165, 1.54) is 6.42 Å². The fraction of sp³-hybridized carbons (Fsp3) is 0.750. The van der Waals surface area contributed by atoms with Crippen LogP contribution in [0.15, 0.2) is 15.6 Å². The average Bonchev–Trinajstić information content (AvgIpc) is 2.87. The summed E-state index contributed by atoms with van der Waals surface area (Å²) in [4.78, 5) is 6.75. The summed E-state index contributed by atoms with van der Waals surface area (Å²) >= 11 is 0. The first-order chi connectivity index (χ1) is 9.99. The topological polar surface area (TPSA) is 53.7 Å². The van der Waals surface area contributed by atoms with Gasteiger partial charge in [0.1, 0.15) is 0 Å². The lowest BCUT2D eigenvalue weighted by Gasteiger charge is -2.36. The maximum Gasteiger partial charge on any atom is 0.194 e. The van der Waals surface area contributed by atoms with Crippen LogP contribution in [0.4, 0.5) is 0 Å². The van der Waals surface area contributed by atoms with E-state index in [0.717, 1.165) is 30.5 Å². The summed E-state index contributed by atoms with van der Waals surface area (Å²) in [7, 11) is 1.84. The standard InChI is InChI=1S/C16H28N4O.HI/c1-11(2)15-7-14(21-19-15)8-18-16(17-5)20-9-12(3)6-13(4)10-20;/h7,11-13H,6,8-10H2,1-5H3,(H,17,18);1H. The molecule has 0 saturated carbocycles. The molecule has 126 valence electrons. The number of hydrogen-bond acceptors (Lipinski definition) is 3. The number of rotatable bonds is 3. The first-order valence-corrected chi connectivity index (χ1v) is 7.90. The normalized spacial score (nSPS) is 22.6. The number of hydrogen-bond donors (Lipinski definition) is 1. The van der Waals surface area contributed by atoms with Gasteiger partial charge in [-0.1, -0.05) is 32.9 Å². The molecule has 0 spiro atoms. The summed E-state index contributed by atoms with van der Waals surface area (Å²) in [5.41, 5.74) is 1.00. The van der Waals surface area contributed by atoms with Crippen molar-refractivity contribution in [2.75, 3.05) is 20.1 Å². The number of nitrogens with zero attached hydrogens (tertiary/aromatic N) is 3. The van der Waals surface area contributed by atoms with Crippen LogP contribution in [-0.2, 0) is 6.54 Å². The molecule has 1 aliphatic heterocycles. The maximum absolute atomic E-state index is 5.36. The number of piperidine rings is 1. The summed E-state index contributed by atoms with van der Waals surface area (Å²) in [6, 6.07) is 2.02. The lowest BCUT2D eigenvalue weighted by molar-refractivity contribution is 0.208. The predicted octanol–water partition coefficient (Wildman–Crippen LogP) is 3.47. The van der Waals surface area contributed by atoms with E-state index >= 15 is 0 Å². The van der Waals surface area contributed by atoms with Crippen LogP contribution >= 0.6 is 24.0 Å². The zero-order valence-electron chi connectivity index (χ0n) is 14.3. The van der Waals surface area contributed by atoms with Crippen molar-refractivity contribution in [3.05, 3.63) is 17.5 Å². The maximum atomic E-state index is 5.36. The van der Waals surface area contributed by atoms with E-state index in [1.54, 1.807) is 0 Å². The van der Waals surface area contributed by atoms with Crippen molar-refractivity contribution in [1.82, 2.24) is 15.4 Å². The smallest absolute Gasteiger partial charge is 0.194 e. The van der Waals surface area contributed by atoms with Crippen molar-refractivity contribution in [3.63, 3.8) is 0 Å². The molecule has 6 heteroatoms. The molecule has 0 amide bonds. The minimum Gasteiger partial charge on any atom is -0.359 e. The Morgan fingerprint density at radius 3 is 2.55 bits per heavy atom. The molecule has 1 aromatic heterocycles. The van der Waals surface area contributed by atoms with Crippen molar-refractivity contribution in [1.29, 1.82) is 0 Å². The van der Waals surface area contributed by atoms with Crippen LogP contribution in [0.2, 0.25) is 0 Å². The Balaban J connectivity index is 0.00000242. The minimum atomic E-state index is 0. The molecule has 5 nitrogen and oxygen atoms in total. The van der Waals surface area contributed by atoms with Crippen molar-refractivity contribution in [3.8, 4) is 0 Å². The van der Waals surface area contributed by atoms with Gasteiger partial charge in [-0.2, -0.15) is 0 Å². The van der Waals surface area contributed by atoms with Crippen molar-refractivity contribution in [2.45, 2.75) is 46.6 Å². The Bertz CT molecular complexity index is 476. The van der Waals surface area contributed by atoms with Gasteiger partial charge >= 0.3 is 0 Å². The Labute approximate surface area is 150 Å². The average molecular weight is 420 g/mol. The van der Waals surface area contributed by atoms with E-state index in [9.17, 15) is 0 Å². The lowest BCUT2D eigenvalue weighted by Crippen LogP contribution is -2.48. The van der Waals surface area contributed by atoms with Gasteiger partial charge in [0.05, 0.1) is 12.2 Å². The third-order valence-corrected chi connectivity index (χ3v) is 3.97. The molecule has 2 unspecified atom stereocenters. The summed E-state index contributed by atoms with van der Waals surface area (Å²) in [6.07, 6.45) is 1.30. The lowest BCUT2D eigenvalue weighted by atomic mass is 9.92. The highest BCUT2D eigenvalue weighted by atomic mass is 127. The molecule has 1 fully saturated rings. The molecule has 1 aromatic rings. The Hall–Kier alpha value is -0.790. The fourth-order valence-corrected chi connectivity index (χ4v) is 3.02. The molecule has 2 rings (SSSR count). The van der Waals surface area contributed by atoms with E-state index in [4.69, 9.17) is 4.52 Å². The van der Waals surface area contributed by atoms with Gasteiger partial charge in [-0.15, -0.1) is 24.0 Å². The van der Waals surface area contributed by atoms with Gasteiger partial charge in [0, 0.05) is 26.2 Å². The molecule has 0 bridgehead atoms. The third-order valence-electron chi connectivity index (χ3n) is 3.97. The number of nitrogens with one attached hydrogen (secondary N) is 1. The van der Waals surface area contributed by atoms with Gasteiger partial charge in [0.2, 0.25) is 0 Å². The van der Waals surface area contributed by atoms with Gasteiger partial charge in [-0.25, -0.2) is 0 Å². The van der Waals surface area contributed by atoms with Gasteiger partial charge < -0.3 is 14.7 Å². The van der Waals surface area contributed by atoms with Gasteiger partial charge in [-0.3, -0.25) is 4.99 Å². The Morgan fingerprint density at radius 1 is 1.41 bits per heavy atom. The van der Waals surface area contributed by atoms with Crippen molar-refractivity contribution >= 4 is 29.9 Å². The monoisotopic (exact) mass is 420 g/mol. The molecule has 0 aromatic carbocycles. The SMILES string of the molecule is CN=C(NCc1cc(C(C)C)no1)N1CC(C)CC(C)C1.I. The summed E-state index contributed by atoms with van der Waals surface area (Å²) in [5.74, 6) is 3.63. The number of halogens is 1. The van der Waals surface area contributed by atoms with E-state index in [0.29, 0.717) is 24.3 Å². The molecular formula is C16H29IN4O. The second-order valence-electron chi connectivity index (χ2n) is 6.62. The molecule has 0 radical (unpaired) electrons. The van der Waals surface area contributed by atoms with E-state index in [2.05, 4.69) is 48.1 Å². The van der Waals surface area contributed by atoms with E-state index in [1.807, 2.05) is 13.1 Å². The first kappa shape index (κ1) is 19.3. The van der Waals surface area contributed by atoms with Crippen LogP contribution in [-0.4, -0.2) is 36.2 Å².